The first-order valence-corrected chi connectivity index (χ1v) is 12.5. The van der Waals surface area contributed by atoms with Crippen LogP contribution in [-0.4, -0.2) is 39.5 Å². The van der Waals surface area contributed by atoms with Crippen molar-refractivity contribution in [2.75, 3.05) is 5.75 Å². The van der Waals surface area contributed by atoms with Crippen LogP contribution in [0.15, 0.2) is 48.5 Å². The number of thioether (sulfide) groups is 1. The predicted octanol–water partition coefficient (Wildman–Crippen LogP) is 4.96. The number of carbonyl (C=O) groups excluding carboxylic acids is 2. The third-order valence-electron chi connectivity index (χ3n) is 5.75. The van der Waals surface area contributed by atoms with Crippen molar-refractivity contribution in [2.45, 2.75) is 57.0 Å². The molecule has 176 valence electrons. The number of hydrogen-bond acceptors (Lipinski definition) is 5. The van der Waals surface area contributed by atoms with Crippen LogP contribution < -0.4 is 5.32 Å². The molecule has 2 aromatic carbocycles. The Morgan fingerprint density at radius 2 is 1.88 bits per heavy atom. The smallest absolute Gasteiger partial charge is 0.269 e. The Labute approximate surface area is 203 Å². The summed E-state index contributed by atoms with van der Waals surface area (Å²) >= 11 is 7.53. The second-order valence-electron chi connectivity index (χ2n) is 8.23. The van der Waals surface area contributed by atoms with Crippen LogP contribution >= 0.6 is 23.4 Å². The number of nitro benzene ring substituents is 1. The minimum absolute atomic E-state index is 0.0367. The second-order valence-corrected chi connectivity index (χ2v) is 9.66. The molecule has 1 N–H and O–H groups in total. The van der Waals surface area contributed by atoms with E-state index in [0.29, 0.717) is 10.8 Å². The normalized spacial score (nSPS) is 14.6. The summed E-state index contributed by atoms with van der Waals surface area (Å²) in [6, 6.07) is 13.1. The van der Waals surface area contributed by atoms with Crippen molar-refractivity contribution in [1.82, 2.24) is 10.2 Å². The lowest BCUT2D eigenvalue weighted by atomic mass is 10.1. The molecule has 2 aromatic rings. The van der Waals surface area contributed by atoms with E-state index in [4.69, 9.17) is 11.6 Å². The van der Waals surface area contributed by atoms with E-state index in [0.717, 1.165) is 36.8 Å². The molecule has 1 fully saturated rings. The molecule has 1 atom stereocenters. The Morgan fingerprint density at radius 1 is 1.18 bits per heavy atom. The molecular formula is C24H28ClN3O4S. The summed E-state index contributed by atoms with van der Waals surface area (Å²) in [7, 11) is 0. The fraction of sp³-hybridized carbons (Fsp3) is 0.417. The lowest BCUT2D eigenvalue weighted by Gasteiger charge is -2.29. The number of nitrogens with zero attached hydrogens (tertiary/aromatic N) is 2. The van der Waals surface area contributed by atoms with E-state index >= 15 is 0 Å². The van der Waals surface area contributed by atoms with Crippen molar-refractivity contribution in [3.63, 3.8) is 0 Å². The summed E-state index contributed by atoms with van der Waals surface area (Å²) in [6.45, 7) is 2.05. The van der Waals surface area contributed by atoms with Gasteiger partial charge in [-0.2, -0.15) is 0 Å². The van der Waals surface area contributed by atoms with Gasteiger partial charge in [0.1, 0.15) is 6.04 Å². The van der Waals surface area contributed by atoms with Gasteiger partial charge in [0, 0.05) is 35.5 Å². The first-order chi connectivity index (χ1) is 15.8. The number of non-ortho nitro benzene ring substituents is 1. The van der Waals surface area contributed by atoms with Crippen molar-refractivity contribution in [2.24, 2.45) is 0 Å². The lowest BCUT2D eigenvalue weighted by molar-refractivity contribution is -0.384. The van der Waals surface area contributed by atoms with Crippen molar-refractivity contribution < 1.29 is 14.5 Å². The molecule has 2 amide bonds. The largest absolute Gasteiger partial charge is 0.352 e. The average Bonchev–Trinajstić information content (AvgIpc) is 3.30. The third-order valence-corrected chi connectivity index (χ3v) is 6.98. The molecule has 3 rings (SSSR count). The highest BCUT2D eigenvalue weighted by Crippen LogP contribution is 2.21. The molecule has 0 aromatic heterocycles. The fourth-order valence-corrected chi connectivity index (χ4v) is 4.94. The van der Waals surface area contributed by atoms with E-state index in [-0.39, 0.29) is 35.8 Å². The zero-order valence-electron chi connectivity index (χ0n) is 18.5. The van der Waals surface area contributed by atoms with Gasteiger partial charge in [0.25, 0.3) is 5.69 Å². The lowest BCUT2D eigenvalue weighted by Crippen LogP contribution is -2.50. The SMILES string of the molecule is C[C@@H](C(=O)NC1CCCC1)N(Cc1cccc(Cl)c1)C(=O)CSCc1ccc([N+](=O)[O-])cc1. The molecule has 1 aliphatic rings. The maximum Gasteiger partial charge on any atom is 0.269 e. The molecule has 0 aliphatic heterocycles. The third kappa shape index (κ3) is 7.47. The fourth-order valence-electron chi connectivity index (χ4n) is 3.86. The van der Waals surface area contributed by atoms with Gasteiger partial charge in [-0.3, -0.25) is 19.7 Å². The molecule has 0 bridgehead atoms. The summed E-state index contributed by atoms with van der Waals surface area (Å²) in [5.74, 6) is 0.448. The van der Waals surface area contributed by atoms with Gasteiger partial charge in [0.05, 0.1) is 10.7 Å². The Balaban J connectivity index is 1.64. The minimum atomic E-state index is -0.614. The summed E-state index contributed by atoms with van der Waals surface area (Å²) in [5, 5.41) is 14.5. The number of benzene rings is 2. The number of halogens is 1. The molecule has 0 radical (unpaired) electrons. The molecule has 1 aliphatic carbocycles. The zero-order valence-corrected chi connectivity index (χ0v) is 20.1. The Bertz CT molecular complexity index is 980. The van der Waals surface area contributed by atoms with Crippen molar-refractivity contribution in [3.8, 4) is 0 Å². The Morgan fingerprint density at radius 3 is 2.52 bits per heavy atom. The number of amides is 2. The van der Waals surface area contributed by atoms with E-state index in [1.54, 1.807) is 36.1 Å². The summed E-state index contributed by atoms with van der Waals surface area (Å²) in [6.07, 6.45) is 4.19. The van der Waals surface area contributed by atoms with Crippen molar-refractivity contribution >= 4 is 40.9 Å². The van der Waals surface area contributed by atoms with Crippen LogP contribution in [0, 0.1) is 10.1 Å². The Kier molecular flexibility index (Phi) is 9.14. The van der Waals surface area contributed by atoms with Crippen LogP contribution in [0.25, 0.3) is 0 Å². The standard InChI is InChI=1S/C24H28ClN3O4S/c1-17(24(30)26-21-7-2-3-8-21)27(14-19-5-4-6-20(25)13-19)23(29)16-33-15-18-9-11-22(12-10-18)28(31)32/h4-6,9-13,17,21H,2-3,7-8,14-16H2,1H3,(H,26,30)/t17-/m0/s1. The van der Waals surface area contributed by atoms with E-state index < -0.39 is 11.0 Å². The van der Waals surface area contributed by atoms with E-state index in [1.165, 1.54) is 23.9 Å². The van der Waals surface area contributed by atoms with Gasteiger partial charge in [0.15, 0.2) is 0 Å². The number of carbonyl (C=O) groups is 2. The van der Waals surface area contributed by atoms with E-state index in [2.05, 4.69) is 5.32 Å². The molecule has 7 nitrogen and oxygen atoms in total. The molecular weight excluding hydrogens is 462 g/mol. The van der Waals surface area contributed by atoms with Crippen LogP contribution in [0.3, 0.4) is 0 Å². The van der Waals surface area contributed by atoms with Crippen LogP contribution in [0.1, 0.15) is 43.7 Å². The summed E-state index contributed by atoms with van der Waals surface area (Å²) in [4.78, 5) is 38.0. The molecule has 33 heavy (non-hydrogen) atoms. The molecule has 0 heterocycles. The maximum atomic E-state index is 13.2. The topological polar surface area (TPSA) is 92.6 Å². The first-order valence-electron chi connectivity index (χ1n) is 11.0. The second kappa shape index (κ2) is 12.0. The minimum Gasteiger partial charge on any atom is -0.352 e. The van der Waals surface area contributed by atoms with Crippen LogP contribution in [-0.2, 0) is 21.9 Å². The van der Waals surface area contributed by atoms with Crippen molar-refractivity contribution in [3.05, 3.63) is 74.8 Å². The number of nitrogens with one attached hydrogen (secondary N) is 1. The van der Waals surface area contributed by atoms with Crippen LogP contribution in [0.4, 0.5) is 5.69 Å². The number of nitro groups is 1. The van der Waals surface area contributed by atoms with Gasteiger partial charge in [0.2, 0.25) is 11.8 Å². The van der Waals surface area contributed by atoms with Gasteiger partial charge in [-0.05, 0) is 43.0 Å². The van der Waals surface area contributed by atoms with Gasteiger partial charge in [-0.1, -0.05) is 48.7 Å². The molecule has 0 saturated heterocycles. The highest BCUT2D eigenvalue weighted by Gasteiger charge is 2.28. The Hall–Kier alpha value is -2.58. The molecule has 9 heteroatoms. The first kappa shape index (κ1) is 25.1. The monoisotopic (exact) mass is 489 g/mol. The zero-order chi connectivity index (χ0) is 23.8. The highest BCUT2D eigenvalue weighted by molar-refractivity contribution is 7.99. The molecule has 0 unspecified atom stereocenters. The van der Waals surface area contributed by atoms with Gasteiger partial charge in [-0.25, -0.2) is 0 Å². The average molecular weight is 490 g/mol. The van der Waals surface area contributed by atoms with E-state index in [9.17, 15) is 19.7 Å². The van der Waals surface area contributed by atoms with Gasteiger partial charge >= 0.3 is 0 Å². The van der Waals surface area contributed by atoms with E-state index in [1.807, 2.05) is 12.1 Å². The summed E-state index contributed by atoms with van der Waals surface area (Å²) in [5.41, 5.74) is 1.79. The highest BCUT2D eigenvalue weighted by atomic mass is 35.5. The molecule has 1 saturated carbocycles. The van der Waals surface area contributed by atoms with Crippen LogP contribution in [0.5, 0.6) is 0 Å². The van der Waals surface area contributed by atoms with Gasteiger partial charge in [-0.15, -0.1) is 11.8 Å². The maximum absolute atomic E-state index is 13.2. The quantitative estimate of drug-likeness (QED) is 0.376. The summed E-state index contributed by atoms with van der Waals surface area (Å²) < 4.78 is 0. The van der Waals surface area contributed by atoms with Crippen LogP contribution in [0.2, 0.25) is 5.02 Å². The molecule has 0 spiro atoms. The number of rotatable bonds is 10. The van der Waals surface area contributed by atoms with Gasteiger partial charge < -0.3 is 10.2 Å². The van der Waals surface area contributed by atoms with Crippen molar-refractivity contribution in [1.29, 1.82) is 0 Å². The predicted molar refractivity (Wildman–Crippen MR) is 131 cm³/mol. The number of hydrogen-bond donors (Lipinski definition) is 1.